The van der Waals surface area contributed by atoms with Gasteiger partial charge in [-0.05, 0) is 55.3 Å². The van der Waals surface area contributed by atoms with Crippen molar-refractivity contribution in [2.75, 3.05) is 31.0 Å². The topological polar surface area (TPSA) is 85.9 Å². The smallest absolute Gasteiger partial charge is 0.259 e. The number of unbranched alkanes of at least 4 members (excludes halogenated alkanes) is 2. The highest BCUT2D eigenvalue weighted by Crippen LogP contribution is 2.27. The molecule has 0 aliphatic heterocycles. The molecule has 0 unspecified atom stereocenters. The zero-order valence-electron chi connectivity index (χ0n) is 21.7. The molecule has 7 nitrogen and oxygen atoms in total. The summed E-state index contributed by atoms with van der Waals surface area (Å²) < 4.78 is 45.2. The van der Waals surface area contributed by atoms with Crippen molar-refractivity contribution in [3.05, 3.63) is 77.4 Å². The van der Waals surface area contributed by atoms with Crippen molar-refractivity contribution in [2.45, 2.75) is 39.5 Å². The highest BCUT2D eigenvalue weighted by molar-refractivity contribution is 6.10. The summed E-state index contributed by atoms with van der Waals surface area (Å²) in [6.07, 6.45) is 3.57. The third-order valence-corrected chi connectivity index (χ3v) is 5.61. The fourth-order valence-corrected chi connectivity index (χ4v) is 3.46. The quantitative estimate of drug-likeness (QED) is 0.238. The summed E-state index contributed by atoms with van der Waals surface area (Å²) in [5, 5.41) is 5.02. The molecule has 9 heteroatoms. The molecule has 0 aliphatic carbocycles. The Balaban J connectivity index is 1.79. The second-order valence-electron chi connectivity index (χ2n) is 8.51. The lowest BCUT2D eigenvalue weighted by Crippen LogP contribution is -2.17. The molecule has 0 heterocycles. The molecule has 0 saturated carbocycles. The first-order chi connectivity index (χ1) is 18.4. The third-order valence-electron chi connectivity index (χ3n) is 5.61. The van der Waals surface area contributed by atoms with E-state index in [4.69, 9.17) is 14.2 Å². The van der Waals surface area contributed by atoms with E-state index in [2.05, 4.69) is 10.6 Å². The average molecular weight is 527 g/mol. The SMILES string of the molecule is CCCCOc1ccc(F)c(NC(=O)c2ccc(OC)c(C(=O)Nc3cc(OCCCC)ccc3F)c2)c1. The van der Waals surface area contributed by atoms with Gasteiger partial charge in [-0.3, -0.25) is 9.59 Å². The summed E-state index contributed by atoms with van der Waals surface area (Å²) in [5.74, 6) is -1.62. The van der Waals surface area contributed by atoms with Gasteiger partial charge in [-0.25, -0.2) is 8.78 Å². The van der Waals surface area contributed by atoms with Crippen LogP contribution >= 0.6 is 0 Å². The first-order valence-electron chi connectivity index (χ1n) is 12.5. The second kappa shape index (κ2) is 14.0. The molecule has 0 aliphatic rings. The number of rotatable bonds is 13. The molecule has 0 fully saturated rings. The number of amides is 2. The van der Waals surface area contributed by atoms with Crippen LogP contribution in [0.1, 0.15) is 60.2 Å². The van der Waals surface area contributed by atoms with Gasteiger partial charge < -0.3 is 24.8 Å². The number of anilines is 2. The van der Waals surface area contributed by atoms with Crippen molar-refractivity contribution in [2.24, 2.45) is 0 Å². The Bertz CT molecular complexity index is 1270. The van der Waals surface area contributed by atoms with E-state index in [1.54, 1.807) is 0 Å². The van der Waals surface area contributed by atoms with E-state index in [-0.39, 0.29) is 28.3 Å². The van der Waals surface area contributed by atoms with Gasteiger partial charge in [0.1, 0.15) is 28.9 Å². The zero-order valence-corrected chi connectivity index (χ0v) is 21.7. The number of hydrogen-bond acceptors (Lipinski definition) is 5. The number of methoxy groups -OCH3 is 1. The normalized spacial score (nSPS) is 10.6. The van der Waals surface area contributed by atoms with Gasteiger partial charge in [-0.2, -0.15) is 0 Å². The summed E-state index contributed by atoms with van der Waals surface area (Å²) in [6, 6.07) is 12.3. The van der Waals surface area contributed by atoms with Crippen LogP contribution in [-0.4, -0.2) is 32.1 Å². The molecule has 202 valence electrons. The van der Waals surface area contributed by atoms with Gasteiger partial charge in [0.05, 0.1) is 37.3 Å². The highest BCUT2D eigenvalue weighted by Gasteiger charge is 2.19. The van der Waals surface area contributed by atoms with Crippen LogP contribution in [0.3, 0.4) is 0 Å². The fourth-order valence-electron chi connectivity index (χ4n) is 3.46. The van der Waals surface area contributed by atoms with Gasteiger partial charge in [0.2, 0.25) is 0 Å². The van der Waals surface area contributed by atoms with Crippen molar-refractivity contribution in [1.82, 2.24) is 0 Å². The summed E-state index contributed by atoms with van der Waals surface area (Å²) in [6.45, 7) is 4.99. The molecule has 0 saturated heterocycles. The Morgan fingerprint density at radius 1 is 0.737 bits per heavy atom. The molecule has 3 rings (SSSR count). The minimum absolute atomic E-state index is 0.00558. The maximum atomic E-state index is 14.4. The Morgan fingerprint density at radius 2 is 1.26 bits per heavy atom. The highest BCUT2D eigenvalue weighted by atomic mass is 19.1. The van der Waals surface area contributed by atoms with E-state index in [9.17, 15) is 18.4 Å². The molecule has 0 aromatic heterocycles. The van der Waals surface area contributed by atoms with E-state index >= 15 is 0 Å². The molecule has 0 radical (unpaired) electrons. The van der Waals surface area contributed by atoms with E-state index in [1.165, 1.54) is 61.7 Å². The summed E-state index contributed by atoms with van der Waals surface area (Å²) in [7, 11) is 1.37. The molecule has 3 aromatic carbocycles. The van der Waals surface area contributed by atoms with Crippen molar-refractivity contribution in [1.29, 1.82) is 0 Å². The number of carbonyl (C=O) groups excluding carboxylic acids is 2. The number of benzene rings is 3. The Kier molecular flexibility index (Phi) is 10.5. The lowest BCUT2D eigenvalue weighted by atomic mass is 10.1. The van der Waals surface area contributed by atoms with Gasteiger partial charge in [-0.15, -0.1) is 0 Å². The molecule has 0 spiro atoms. The van der Waals surface area contributed by atoms with Crippen LogP contribution in [0.2, 0.25) is 0 Å². The van der Waals surface area contributed by atoms with E-state index in [0.717, 1.165) is 25.7 Å². The second-order valence-corrected chi connectivity index (χ2v) is 8.51. The summed E-state index contributed by atoms with van der Waals surface area (Å²) in [5.41, 5.74) is -0.0746. The number of halogens is 2. The monoisotopic (exact) mass is 526 g/mol. The molecule has 0 atom stereocenters. The average Bonchev–Trinajstić information content (AvgIpc) is 2.92. The standard InChI is InChI=1S/C29H32F2N2O5/c1-4-6-14-37-20-9-11-23(30)25(17-20)32-28(34)19-8-13-27(36-3)22(16-19)29(35)33-26-18-21(10-12-24(26)31)38-15-7-5-2/h8-13,16-18H,4-7,14-15H2,1-3H3,(H,32,34)(H,33,35). The molecule has 2 N–H and O–H groups in total. The van der Waals surface area contributed by atoms with E-state index in [0.29, 0.717) is 24.7 Å². The van der Waals surface area contributed by atoms with Crippen LogP contribution in [0.15, 0.2) is 54.6 Å². The molecule has 2 amide bonds. The van der Waals surface area contributed by atoms with Crippen LogP contribution in [-0.2, 0) is 0 Å². The van der Waals surface area contributed by atoms with Crippen molar-refractivity contribution in [3.63, 3.8) is 0 Å². The first-order valence-corrected chi connectivity index (χ1v) is 12.5. The molecule has 38 heavy (non-hydrogen) atoms. The number of ether oxygens (including phenoxy) is 3. The van der Waals surface area contributed by atoms with Gasteiger partial charge in [0, 0.05) is 17.7 Å². The minimum atomic E-state index is -0.696. The minimum Gasteiger partial charge on any atom is -0.496 e. The van der Waals surface area contributed by atoms with Crippen LogP contribution in [0.4, 0.5) is 20.2 Å². The first kappa shape index (κ1) is 28.4. The van der Waals surface area contributed by atoms with Gasteiger partial charge in [-0.1, -0.05) is 26.7 Å². The van der Waals surface area contributed by atoms with Gasteiger partial charge >= 0.3 is 0 Å². The predicted molar refractivity (Wildman–Crippen MR) is 143 cm³/mol. The third kappa shape index (κ3) is 7.68. The van der Waals surface area contributed by atoms with Gasteiger partial charge in [0.15, 0.2) is 0 Å². The largest absolute Gasteiger partial charge is 0.496 e. The van der Waals surface area contributed by atoms with Gasteiger partial charge in [0.25, 0.3) is 11.8 Å². The zero-order chi connectivity index (χ0) is 27.5. The van der Waals surface area contributed by atoms with Crippen molar-refractivity contribution < 1.29 is 32.6 Å². The lowest BCUT2D eigenvalue weighted by Gasteiger charge is -2.14. The van der Waals surface area contributed by atoms with Crippen LogP contribution in [0.5, 0.6) is 17.2 Å². The Morgan fingerprint density at radius 3 is 1.76 bits per heavy atom. The summed E-state index contributed by atoms with van der Waals surface area (Å²) >= 11 is 0. The van der Waals surface area contributed by atoms with Crippen molar-refractivity contribution in [3.8, 4) is 17.2 Å². The van der Waals surface area contributed by atoms with E-state index < -0.39 is 23.4 Å². The maximum Gasteiger partial charge on any atom is 0.259 e. The molecule has 3 aromatic rings. The number of carbonyl (C=O) groups is 2. The molecular formula is C29H32F2N2O5. The van der Waals surface area contributed by atoms with Crippen LogP contribution < -0.4 is 24.8 Å². The Labute approximate surface area is 221 Å². The lowest BCUT2D eigenvalue weighted by molar-refractivity contribution is 0.102. The number of nitrogens with one attached hydrogen (secondary N) is 2. The predicted octanol–water partition coefficient (Wildman–Crippen LogP) is 6.84. The maximum absolute atomic E-state index is 14.4. The van der Waals surface area contributed by atoms with Crippen LogP contribution in [0, 0.1) is 11.6 Å². The molecular weight excluding hydrogens is 494 g/mol. The fraction of sp³-hybridized carbons (Fsp3) is 0.310. The number of hydrogen-bond donors (Lipinski definition) is 2. The van der Waals surface area contributed by atoms with E-state index in [1.807, 2.05) is 13.8 Å². The Hall–Kier alpha value is -4.14. The van der Waals surface area contributed by atoms with Crippen LogP contribution in [0.25, 0.3) is 0 Å². The molecule has 0 bridgehead atoms. The summed E-state index contributed by atoms with van der Waals surface area (Å²) in [4.78, 5) is 26.0. The van der Waals surface area contributed by atoms with Crippen molar-refractivity contribution >= 4 is 23.2 Å².